The molecule has 1 heterocycles. The Bertz CT molecular complexity index is 765. The van der Waals surface area contributed by atoms with E-state index in [1.165, 1.54) is 11.1 Å². The van der Waals surface area contributed by atoms with Crippen LogP contribution >= 0.6 is 0 Å². The van der Waals surface area contributed by atoms with E-state index < -0.39 is 0 Å². The third kappa shape index (κ3) is 4.37. The van der Waals surface area contributed by atoms with Gasteiger partial charge in [-0.25, -0.2) is 4.79 Å². The molecule has 0 fully saturated rings. The fourth-order valence-electron chi connectivity index (χ4n) is 3.35. The molecule has 0 atom stereocenters. The molecule has 0 amide bonds. The maximum atomic E-state index is 12.6. The maximum absolute atomic E-state index is 12.6. The fraction of sp³-hybridized carbons (Fsp3) is 0.318. The minimum Gasteiger partial charge on any atom is -0.463 e. The first-order chi connectivity index (χ1) is 12.2. The van der Waals surface area contributed by atoms with Gasteiger partial charge in [-0.05, 0) is 37.0 Å². The van der Waals surface area contributed by atoms with Crippen LogP contribution in [0.2, 0.25) is 0 Å². The van der Waals surface area contributed by atoms with Gasteiger partial charge in [0.1, 0.15) is 0 Å². The molecule has 0 saturated carbocycles. The van der Waals surface area contributed by atoms with Gasteiger partial charge < -0.3 is 4.74 Å². The van der Waals surface area contributed by atoms with Crippen molar-refractivity contribution in [2.75, 3.05) is 19.7 Å². The lowest BCUT2D eigenvalue weighted by Crippen LogP contribution is -2.34. The summed E-state index contributed by atoms with van der Waals surface area (Å²) in [5.74, 6) is -0.184. The molecule has 1 aliphatic rings. The number of rotatable bonds is 5. The van der Waals surface area contributed by atoms with E-state index in [1.807, 2.05) is 13.0 Å². The molecule has 3 heteroatoms. The van der Waals surface area contributed by atoms with Crippen LogP contribution in [0.3, 0.4) is 0 Å². The Morgan fingerprint density at radius 1 is 1.12 bits per heavy atom. The highest BCUT2D eigenvalue weighted by atomic mass is 16.5. The van der Waals surface area contributed by atoms with Crippen LogP contribution < -0.4 is 0 Å². The zero-order valence-electron chi connectivity index (χ0n) is 15.0. The normalized spacial score (nSPS) is 15.3. The fourth-order valence-corrected chi connectivity index (χ4v) is 3.35. The highest BCUT2D eigenvalue weighted by Crippen LogP contribution is 2.29. The van der Waals surface area contributed by atoms with Crippen LogP contribution in [0.5, 0.6) is 0 Å². The molecule has 0 spiro atoms. The first-order valence-corrected chi connectivity index (χ1v) is 8.90. The largest absolute Gasteiger partial charge is 0.463 e. The quantitative estimate of drug-likeness (QED) is 0.766. The molecule has 0 aromatic heterocycles. The van der Waals surface area contributed by atoms with E-state index in [4.69, 9.17) is 4.74 Å². The highest BCUT2D eigenvalue weighted by Gasteiger charge is 2.25. The van der Waals surface area contributed by atoms with Gasteiger partial charge >= 0.3 is 5.97 Å². The van der Waals surface area contributed by atoms with Crippen LogP contribution in [-0.4, -0.2) is 30.6 Å². The van der Waals surface area contributed by atoms with E-state index in [-0.39, 0.29) is 5.97 Å². The summed E-state index contributed by atoms with van der Waals surface area (Å²) in [4.78, 5) is 14.9. The Morgan fingerprint density at radius 2 is 1.92 bits per heavy atom. The molecular formula is C22H25NO2. The predicted octanol–water partition coefficient (Wildman–Crippen LogP) is 4.22. The van der Waals surface area contributed by atoms with Gasteiger partial charge in [0.2, 0.25) is 0 Å². The van der Waals surface area contributed by atoms with Crippen LogP contribution in [0.1, 0.15) is 30.0 Å². The Labute approximate surface area is 149 Å². The average molecular weight is 335 g/mol. The highest BCUT2D eigenvalue weighted by molar-refractivity contribution is 5.98. The zero-order valence-corrected chi connectivity index (χ0v) is 15.0. The van der Waals surface area contributed by atoms with Gasteiger partial charge in [-0.2, -0.15) is 0 Å². The summed E-state index contributed by atoms with van der Waals surface area (Å²) in [5, 5.41) is 0. The van der Waals surface area contributed by atoms with Crippen molar-refractivity contribution in [3.05, 3.63) is 76.9 Å². The van der Waals surface area contributed by atoms with Crippen molar-refractivity contribution < 1.29 is 9.53 Å². The topological polar surface area (TPSA) is 29.5 Å². The number of carbonyl (C=O) groups is 1. The van der Waals surface area contributed by atoms with E-state index in [0.717, 1.165) is 36.2 Å². The first kappa shape index (κ1) is 17.4. The number of hydrogen-bond donors (Lipinski definition) is 0. The minimum absolute atomic E-state index is 0.184. The van der Waals surface area contributed by atoms with E-state index in [1.54, 1.807) is 0 Å². The van der Waals surface area contributed by atoms with E-state index in [9.17, 15) is 4.79 Å². The van der Waals surface area contributed by atoms with Crippen LogP contribution in [-0.2, 0) is 16.1 Å². The SMILES string of the molecule is CCOC(=O)C1=C(c2cccc(C)c2)CCN(Cc2ccccc2)C1. The molecule has 2 aromatic carbocycles. The molecule has 3 nitrogen and oxygen atoms in total. The van der Waals surface area contributed by atoms with Gasteiger partial charge in [0.25, 0.3) is 0 Å². The second-order valence-corrected chi connectivity index (χ2v) is 6.49. The number of nitrogens with zero attached hydrogens (tertiary/aromatic N) is 1. The molecule has 0 radical (unpaired) electrons. The third-order valence-electron chi connectivity index (χ3n) is 4.56. The minimum atomic E-state index is -0.184. The van der Waals surface area contributed by atoms with Crippen molar-refractivity contribution in [2.45, 2.75) is 26.8 Å². The van der Waals surface area contributed by atoms with Crippen LogP contribution in [0.15, 0.2) is 60.2 Å². The van der Waals surface area contributed by atoms with Gasteiger partial charge in [-0.1, -0.05) is 60.2 Å². The number of ether oxygens (including phenoxy) is 1. The summed E-state index contributed by atoms with van der Waals surface area (Å²) in [5.41, 5.74) is 5.55. The summed E-state index contributed by atoms with van der Waals surface area (Å²) >= 11 is 0. The Hall–Kier alpha value is -2.39. The Morgan fingerprint density at radius 3 is 2.64 bits per heavy atom. The summed E-state index contributed by atoms with van der Waals surface area (Å²) in [7, 11) is 0. The monoisotopic (exact) mass is 335 g/mol. The van der Waals surface area contributed by atoms with Crippen molar-refractivity contribution in [2.24, 2.45) is 0 Å². The molecule has 3 rings (SSSR count). The third-order valence-corrected chi connectivity index (χ3v) is 4.56. The van der Waals surface area contributed by atoms with Crippen molar-refractivity contribution >= 4 is 11.5 Å². The molecular weight excluding hydrogens is 310 g/mol. The molecule has 0 bridgehead atoms. The van der Waals surface area contributed by atoms with Crippen molar-refractivity contribution in [3.63, 3.8) is 0 Å². The summed E-state index contributed by atoms with van der Waals surface area (Å²) in [6.07, 6.45) is 0.866. The number of carbonyl (C=O) groups excluding carboxylic acids is 1. The van der Waals surface area contributed by atoms with Gasteiger partial charge in [-0.3, -0.25) is 4.90 Å². The lowest BCUT2D eigenvalue weighted by molar-refractivity contribution is -0.138. The predicted molar refractivity (Wildman–Crippen MR) is 101 cm³/mol. The smallest absolute Gasteiger partial charge is 0.335 e. The van der Waals surface area contributed by atoms with Crippen LogP contribution in [0.4, 0.5) is 0 Å². The number of aryl methyl sites for hydroxylation is 1. The van der Waals surface area contributed by atoms with Crippen molar-refractivity contribution in [1.29, 1.82) is 0 Å². The second kappa shape index (κ2) is 8.13. The molecule has 130 valence electrons. The molecule has 2 aromatic rings. The number of benzene rings is 2. The van der Waals surface area contributed by atoms with Crippen LogP contribution in [0.25, 0.3) is 5.57 Å². The van der Waals surface area contributed by atoms with Crippen molar-refractivity contribution in [3.8, 4) is 0 Å². The molecule has 0 N–H and O–H groups in total. The zero-order chi connectivity index (χ0) is 17.6. The summed E-state index contributed by atoms with van der Waals surface area (Å²) in [6.45, 7) is 6.78. The van der Waals surface area contributed by atoms with Crippen LogP contribution in [0, 0.1) is 6.92 Å². The average Bonchev–Trinajstić information content (AvgIpc) is 2.63. The molecule has 1 aliphatic heterocycles. The first-order valence-electron chi connectivity index (χ1n) is 8.90. The van der Waals surface area contributed by atoms with Gasteiger partial charge in [0, 0.05) is 19.6 Å². The molecule has 25 heavy (non-hydrogen) atoms. The number of esters is 1. The molecule has 0 aliphatic carbocycles. The second-order valence-electron chi connectivity index (χ2n) is 6.49. The number of hydrogen-bond acceptors (Lipinski definition) is 3. The summed E-state index contributed by atoms with van der Waals surface area (Å²) < 4.78 is 5.34. The van der Waals surface area contributed by atoms with Gasteiger partial charge in [0.05, 0.1) is 12.2 Å². The Balaban J connectivity index is 1.87. The summed E-state index contributed by atoms with van der Waals surface area (Å²) in [6, 6.07) is 18.8. The Kier molecular flexibility index (Phi) is 5.67. The van der Waals surface area contributed by atoms with Crippen molar-refractivity contribution in [1.82, 2.24) is 4.90 Å². The standard InChI is InChI=1S/C22H25NO2/c1-3-25-22(24)21-16-23(15-18-9-5-4-6-10-18)13-12-20(21)19-11-7-8-17(2)14-19/h4-11,14H,3,12-13,15-16H2,1-2H3. The van der Waals surface area contributed by atoms with E-state index >= 15 is 0 Å². The van der Waals surface area contributed by atoms with Gasteiger partial charge in [0.15, 0.2) is 0 Å². The lowest BCUT2D eigenvalue weighted by Gasteiger charge is -2.30. The lowest BCUT2D eigenvalue weighted by atomic mass is 9.92. The van der Waals surface area contributed by atoms with E-state index in [2.05, 4.69) is 60.4 Å². The maximum Gasteiger partial charge on any atom is 0.335 e. The molecule has 0 unspecified atom stereocenters. The molecule has 0 saturated heterocycles. The van der Waals surface area contributed by atoms with E-state index in [0.29, 0.717) is 13.2 Å². The van der Waals surface area contributed by atoms with Gasteiger partial charge in [-0.15, -0.1) is 0 Å².